The summed E-state index contributed by atoms with van der Waals surface area (Å²) in [6.45, 7) is 0. The van der Waals surface area contributed by atoms with Crippen molar-refractivity contribution >= 4 is 43.5 Å². The van der Waals surface area contributed by atoms with Gasteiger partial charge in [-0.05, 0) is 11.6 Å². The van der Waals surface area contributed by atoms with Crippen LogP contribution in [0.4, 0.5) is 0 Å². The second-order valence-electron chi connectivity index (χ2n) is 1.82. The summed E-state index contributed by atoms with van der Waals surface area (Å²) in [6, 6.07) is 7.85. The Morgan fingerprint density at radius 1 is 1.30 bits per heavy atom. The van der Waals surface area contributed by atoms with E-state index in [0.29, 0.717) is 0 Å². The smallest absolute Gasteiger partial charge is 0.105 e. The Morgan fingerprint density at radius 3 is 2.30 bits per heavy atom. The topological polar surface area (TPSA) is 0 Å². The molecule has 0 saturated heterocycles. The van der Waals surface area contributed by atoms with Crippen molar-refractivity contribution in [2.75, 3.05) is 0 Å². The number of hydrogen-bond acceptors (Lipinski definition) is 0. The zero-order valence-corrected chi connectivity index (χ0v) is 8.95. The molecule has 0 aromatic heterocycles. The van der Waals surface area contributed by atoms with Crippen LogP contribution in [0.1, 0.15) is 9.85 Å². The first-order valence-corrected chi connectivity index (χ1v) is 4.89. The van der Waals surface area contributed by atoms with Crippen LogP contribution in [0.25, 0.3) is 0 Å². The fourth-order valence-corrected chi connectivity index (χ4v) is 2.19. The lowest BCUT2D eigenvalue weighted by molar-refractivity contribution is 1.36. The summed E-state index contributed by atoms with van der Waals surface area (Å²) >= 11 is 12.4. The van der Waals surface area contributed by atoms with E-state index in [1.807, 2.05) is 24.3 Å². The van der Waals surface area contributed by atoms with Crippen molar-refractivity contribution in [2.45, 2.75) is 4.29 Å². The van der Waals surface area contributed by atoms with Crippen LogP contribution in [0.5, 0.6) is 0 Å². The molecule has 0 spiro atoms. The number of alkyl halides is 2. The molecule has 1 aromatic rings. The molecule has 0 nitrogen and oxygen atoms in total. The fraction of sp³-hybridized carbons (Fsp3) is 0.143. The third kappa shape index (κ3) is 1.97. The molecule has 0 N–H and O–H groups in total. The second kappa shape index (κ2) is 3.74. The molecule has 0 aliphatic carbocycles. The predicted molar refractivity (Wildman–Crippen MR) is 51.7 cm³/mol. The Kier molecular flexibility index (Phi) is 3.21. The average Bonchev–Trinajstić information content (AvgIpc) is 1.88. The molecule has 10 heavy (non-hydrogen) atoms. The molecule has 1 rings (SSSR count). The Bertz CT molecular complexity index is 223. The Morgan fingerprint density at radius 2 is 1.90 bits per heavy atom. The van der Waals surface area contributed by atoms with Crippen LogP contribution in [0.15, 0.2) is 28.7 Å². The number of rotatable bonds is 1. The van der Waals surface area contributed by atoms with Crippen molar-refractivity contribution in [3.8, 4) is 0 Å². The van der Waals surface area contributed by atoms with Gasteiger partial charge in [0.2, 0.25) is 0 Å². The van der Waals surface area contributed by atoms with E-state index in [1.165, 1.54) is 0 Å². The zero-order valence-electron chi connectivity index (χ0n) is 5.02. The SMILES string of the molecule is ClC(Br)c1ccccc1Br. The van der Waals surface area contributed by atoms with Crippen LogP contribution in [0.3, 0.4) is 0 Å². The van der Waals surface area contributed by atoms with Gasteiger partial charge in [-0.1, -0.05) is 50.1 Å². The van der Waals surface area contributed by atoms with Crippen LogP contribution < -0.4 is 0 Å². The van der Waals surface area contributed by atoms with E-state index < -0.39 is 0 Å². The van der Waals surface area contributed by atoms with Crippen molar-refractivity contribution in [1.82, 2.24) is 0 Å². The fourth-order valence-electron chi connectivity index (χ4n) is 0.652. The highest BCUT2D eigenvalue weighted by atomic mass is 79.9. The summed E-state index contributed by atoms with van der Waals surface area (Å²) < 4.78 is 0.926. The van der Waals surface area contributed by atoms with Crippen molar-refractivity contribution in [1.29, 1.82) is 0 Å². The summed E-state index contributed by atoms with van der Waals surface area (Å²) in [6.07, 6.45) is 0. The van der Waals surface area contributed by atoms with E-state index >= 15 is 0 Å². The lowest BCUT2D eigenvalue weighted by Crippen LogP contribution is -1.80. The van der Waals surface area contributed by atoms with Gasteiger partial charge in [0.25, 0.3) is 0 Å². The average molecular weight is 284 g/mol. The minimum atomic E-state index is -0.108. The molecule has 1 atom stereocenters. The molecule has 0 saturated carbocycles. The summed E-state index contributed by atoms with van der Waals surface area (Å²) in [4.78, 5) is 0. The molecular weight excluding hydrogens is 279 g/mol. The summed E-state index contributed by atoms with van der Waals surface area (Å²) in [7, 11) is 0. The van der Waals surface area contributed by atoms with Gasteiger partial charge in [0.05, 0.1) is 0 Å². The zero-order chi connectivity index (χ0) is 7.56. The standard InChI is InChI=1S/C7H5Br2Cl/c8-6-4-2-1-3-5(6)7(9)10/h1-4,7H. The van der Waals surface area contributed by atoms with Gasteiger partial charge in [-0.15, -0.1) is 11.6 Å². The molecule has 0 aliphatic heterocycles. The Labute approximate surface area is 81.8 Å². The molecule has 3 heteroatoms. The molecular formula is C7H5Br2Cl. The molecule has 0 radical (unpaired) electrons. The Balaban J connectivity index is 3.03. The molecule has 1 aromatic carbocycles. The Hall–Kier alpha value is 0.470. The third-order valence-corrected chi connectivity index (χ3v) is 2.59. The molecule has 0 heterocycles. The lowest BCUT2D eigenvalue weighted by atomic mass is 10.2. The highest BCUT2D eigenvalue weighted by Crippen LogP contribution is 2.32. The molecule has 54 valence electrons. The maximum absolute atomic E-state index is 5.80. The monoisotopic (exact) mass is 282 g/mol. The van der Waals surface area contributed by atoms with Gasteiger partial charge >= 0.3 is 0 Å². The summed E-state index contributed by atoms with van der Waals surface area (Å²) in [5.74, 6) is 0. The highest BCUT2D eigenvalue weighted by Gasteiger charge is 2.04. The van der Waals surface area contributed by atoms with Crippen LogP contribution in [-0.2, 0) is 0 Å². The normalized spacial score (nSPS) is 13.1. The van der Waals surface area contributed by atoms with Gasteiger partial charge in [0, 0.05) is 4.47 Å². The van der Waals surface area contributed by atoms with Gasteiger partial charge in [0.1, 0.15) is 4.29 Å². The van der Waals surface area contributed by atoms with Crippen LogP contribution in [0.2, 0.25) is 0 Å². The van der Waals surface area contributed by atoms with E-state index in [0.717, 1.165) is 10.0 Å². The molecule has 0 aliphatic rings. The molecule has 0 amide bonds. The largest absolute Gasteiger partial charge is 0.115 e. The quantitative estimate of drug-likeness (QED) is 0.682. The highest BCUT2D eigenvalue weighted by molar-refractivity contribution is 9.11. The number of hydrogen-bond donors (Lipinski definition) is 0. The van der Waals surface area contributed by atoms with Gasteiger partial charge < -0.3 is 0 Å². The van der Waals surface area contributed by atoms with Crippen LogP contribution in [-0.4, -0.2) is 0 Å². The van der Waals surface area contributed by atoms with E-state index in [2.05, 4.69) is 31.9 Å². The third-order valence-electron chi connectivity index (χ3n) is 1.14. The van der Waals surface area contributed by atoms with E-state index in [9.17, 15) is 0 Å². The van der Waals surface area contributed by atoms with Gasteiger partial charge in [-0.3, -0.25) is 0 Å². The van der Waals surface area contributed by atoms with Crippen molar-refractivity contribution in [3.63, 3.8) is 0 Å². The van der Waals surface area contributed by atoms with Gasteiger partial charge in [-0.25, -0.2) is 0 Å². The summed E-state index contributed by atoms with van der Waals surface area (Å²) in [5, 5.41) is 0. The number of benzene rings is 1. The number of halogens is 3. The second-order valence-corrected chi connectivity index (χ2v) is 4.56. The lowest BCUT2D eigenvalue weighted by Gasteiger charge is -2.02. The minimum Gasteiger partial charge on any atom is -0.105 e. The van der Waals surface area contributed by atoms with Crippen LogP contribution in [0, 0.1) is 0 Å². The molecule has 0 bridgehead atoms. The van der Waals surface area contributed by atoms with Crippen molar-refractivity contribution in [2.24, 2.45) is 0 Å². The van der Waals surface area contributed by atoms with E-state index in [4.69, 9.17) is 11.6 Å². The summed E-state index contributed by atoms with van der Waals surface area (Å²) in [5.41, 5.74) is 1.06. The maximum Gasteiger partial charge on any atom is 0.115 e. The van der Waals surface area contributed by atoms with Gasteiger partial charge in [0.15, 0.2) is 0 Å². The first-order chi connectivity index (χ1) is 4.72. The molecule has 1 unspecified atom stereocenters. The first kappa shape index (κ1) is 8.57. The van der Waals surface area contributed by atoms with Crippen molar-refractivity contribution < 1.29 is 0 Å². The van der Waals surface area contributed by atoms with Gasteiger partial charge in [-0.2, -0.15) is 0 Å². The van der Waals surface area contributed by atoms with Crippen LogP contribution >= 0.6 is 43.5 Å². The van der Waals surface area contributed by atoms with E-state index in [1.54, 1.807) is 0 Å². The first-order valence-electron chi connectivity index (χ1n) is 2.74. The minimum absolute atomic E-state index is 0.108. The van der Waals surface area contributed by atoms with E-state index in [-0.39, 0.29) is 4.29 Å². The van der Waals surface area contributed by atoms with Crippen molar-refractivity contribution in [3.05, 3.63) is 34.3 Å². The maximum atomic E-state index is 5.80. The molecule has 0 fully saturated rings. The predicted octanol–water partition coefficient (Wildman–Crippen LogP) is 4.08.